The van der Waals surface area contributed by atoms with E-state index in [2.05, 4.69) is 10.3 Å². The molecular weight excluding hydrogens is 297 g/mol. The number of anilines is 1. The zero-order chi connectivity index (χ0) is 15.7. The van der Waals surface area contributed by atoms with E-state index < -0.39 is 17.6 Å². The lowest BCUT2D eigenvalue weighted by Crippen LogP contribution is -2.12. The van der Waals surface area contributed by atoms with Gasteiger partial charge in [-0.05, 0) is 42.5 Å². The number of carbonyl (C=O) groups excluding carboxylic acids is 1. The third kappa shape index (κ3) is 2.78. The molecule has 0 atom stereocenters. The fraction of sp³-hybridized carbons (Fsp3) is 0.0667. The second-order valence-electron chi connectivity index (χ2n) is 4.56. The number of amides is 1. The summed E-state index contributed by atoms with van der Waals surface area (Å²) in [6.45, 7) is 0. The fourth-order valence-corrected chi connectivity index (χ4v) is 1.94. The van der Waals surface area contributed by atoms with E-state index in [0.717, 1.165) is 12.1 Å². The Bertz CT molecular complexity index is 823. The predicted octanol–water partition coefficient (Wildman–Crippen LogP) is 4.10. The normalized spacial score (nSPS) is 11.6. The maximum absolute atomic E-state index is 12.5. The second kappa shape index (κ2) is 5.18. The molecule has 1 heterocycles. The lowest BCUT2D eigenvalue weighted by Gasteiger charge is -2.08. The Morgan fingerprint density at radius 2 is 1.82 bits per heavy atom. The van der Waals surface area contributed by atoms with E-state index >= 15 is 0 Å². The maximum atomic E-state index is 12.5. The molecule has 0 bridgehead atoms. The number of fused-ring (bicyclic) bond motifs is 1. The summed E-state index contributed by atoms with van der Waals surface area (Å²) in [5.41, 5.74) is 0.917. The molecule has 3 aromatic rings. The Labute approximate surface area is 122 Å². The molecule has 0 unspecified atom stereocenters. The minimum Gasteiger partial charge on any atom is -0.443 e. The molecule has 22 heavy (non-hydrogen) atoms. The van der Waals surface area contributed by atoms with Crippen LogP contribution in [0.3, 0.4) is 0 Å². The van der Waals surface area contributed by atoms with Gasteiger partial charge < -0.3 is 9.73 Å². The maximum Gasteiger partial charge on any atom is 0.416 e. The van der Waals surface area contributed by atoms with E-state index in [1.807, 2.05) is 0 Å². The minimum atomic E-state index is -4.40. The van der Waals surface area contributed by atoms with Crippen LogP contribution in [-0.2, 0) is 6.18 Å². The molecule has 4 nitrogen and oxygen atoms in total. The first-order valence-corrected chi connectivity index (χ1v) is 6.25. The number of halogens is 3. The number of oxazole rings is 1. The second-order valence-corrected chi connectivity index (χ2v) is 4.56. The third-order valence-corrected chi connectivity index (χ3v) is 3.06. The number of alkyl halides is 3. The number of hydrogen-bond donors (Lipinski definition) is 1. The summed E-state index contributed by atoms with van der Waals surface area (Å²) >= 11 is 0. The van der Waals surface area contributed by atoms with Crippen molar-refractivity contribution in [2.75, 3.05) is 5.32 Å². The van der Waals surface area contributed by atoms with E-state index in [1.54, 1.807) is 12.1 Å². The highest BCUT2D eigenvalue weighted by Gasteiger charge is 2.29. The van der Waals surface area contributed by atoms with Crippen molar-refractivity contribution < 1.29 is 22.4 Å². The van der Waals surface area contributed by atoms with E-state index in [4.69, 9.17) is 4.42 Å². The Hall–Kier alpha value is -2.83. The molecule has 0 aliphatic carbocycles. The van der Waals surface area contributed by atoms with Crippen molar-refractivity contribution in [3.05, 3.63) is 60.0 Å². The lowest BCUT2D eigenvalue weighted by atomic mass is 10.1. The van der Waals surface area contributed by atoms with Crippen LogP contribution in [0.25, 0.3) is 11.1 Å². The van der Waals surface area contributed by atoms with Crippen LogP contribution in [0.1, 0.15) is 15.9 Å². The third-order valence-electron chi connectivity index (χ3n) is 3.06. The van der Waals surface area contributed by atoms with Gasteiger partial charge in [-0.3, -0.25) is 4.79 Å². The number of rotatable bonds is 2. The van der Waals surface area contributed by atoms with Crippen molar-refractivity contribution in [1.29, 1.82) is 0 Å². The number of carbonyl (C=O) groups is 1. The predicted molar refractivity (Wildman–Crippen MR) is 73.4 cm³/mol. The van der Waals surface area contributed by atoms with Gasteiger partial charge in [-0.1, -0.05) is 0 Å². The van der Waals surface area contributed by atoms with E-state index in [9.17, 15) is 18.0 Å². The van der Waals surface area contributed by atoms with Crippen molar-refractivity contribution in [2.24, 2.45) is 0 Å². The molecule has 0 radical (unpaired) electrons. The quantitative estimate of drug-likeness (QED) is 0.775. The average Bonchev–Trinajstić information content (AvgIpc) is 2.94. The highest BCUT2D eigenvalue weighted by molar-refractivity contribution is 6.05. The van der Waals surface area contributed by atoms with Gasteiger partial charge >= 0.3 is 6.18 Å². The van der Waals surface area contributed by atoms with Crippen molar-refractivity contribution in [3.63, 3.8) is 0 Å². The van der Waals surface area contributed by atoms with Gasteiger partial charge in [-0.25, -0.2) is 4.98 Å². The molecule has 3 rings (SSSR count). The van der Waals surface area contributed by atoms with Crippen molar-refractivity contribution >= 4 is 22.7 Å². The molecule has 112 valence electrons. The van der Waals surface area contributed by atoms with Gasteiger partial charge in [0.1, 0.15) is 5.52 Å². The van der Waals surface area contributed by atoms with Gasteiger partial charge in [0.05, 0.1) is 5.56 Å². The number of nitrogens with zero attached hydrogens (tertiary/aromatic N) is 1. The summed E-state index contributed by atoms with van der Waals surface area (Å²) in [7, 11) is 0. The van der Waals surface area contributed by atoms with Crippen molar-refractivity contribution in [2.45, 2.75) is 6.18 Å². The van der Waals surface area contributed by atoms with E-state index in [-0.39, 0.29) is 5.69 Å². The first-order chi connectivity index (χ1) is 10.4. The van der Waals surface area contributed by atoms with Crippen LogP contribution >= 0.6 is 0 Å². The molecule has 0 aliphatic rings. The van der Waals surface area contributed by atoms with Gasteiger partial charge in [-0.15, -0.1) is 0 Å². The average molecular weight is 306 g/mol. The summed E-state index contributed by atoms with van der Waals surface area (Å²) in [6.07, 6.45) is -3.14. The summed E-state index contributed by atoms with van der Waals surface area (Å²) in [5.74, 6) is -0.440. The lowest BCUT2D eigenvalue weighted by molar-refractivity contribution is -0.137. The van der Waals surface area contributed by atoms with Crippen LogP contribution in [0, 0.1) is 0 Å². The van der Waals surface area contributed by atoms with E-state index in [1.165, 1.54) is 24.6 Å². The standard InChI is InChI=1S/C15H9F3N2O2/c16-15(17,18)10-2-4-11(5-3-10)20-14(21)9-1-6-13-12(7-9)19-8-22-13/h1-8H,(H,20,21). The largest absolute Gasteiger partial charge is 0.443 e. The number of hydrogen-bond acceptors (Lipinski definition) is 3. The number of benzene rings is 2. The summed E-state index contributed by atoms with van der Waals surface area (Å²) < 4.78 is 42.5. The van der Waals surface area contributed by atoms with E-state index in [0.29, 0.717) is 16.7 Å². The van der Waals surface area contributed by atoms with Crippen LogP contribution < -0.4 is 5.32 Å². The molecule has 7 heteroatoms. The van der Waals surface area contributed by atoms with Crippen LogP contribution in [0.5, 0.6) is 0 Å². The van der Waals surface area contributed by atoms with Crippen LogP contribution in [0.15, 0.2) is 53.3 Å². The number of aromatic nitrogens is 1. The molecule has 0 aliphatic heterocycles. The van der Waals surface area contributed by atoms with Crippen LogP contribution in [-0.4, -0.2) is 10.9 Å². The highest BCUT2D eigenvalue weighted by Crippen LogP contribution is 2.29. The van der Waals surface area contributed by atoms with Gasteiger partial charge in [-0.2, -0.15) is 13.2 Å². The molecule has 1 aromatic heterocycles. The summed E-state index contributed by atoms with van der Waals surface area (Å²) in [5, 5.41) is 2.53. The molecule has 2 aromatic carbocycles. The Balaban J connectivity index is 1.78. The molecule has 0 saturated carbocycles. The van der Waals surface area contributed by atoms with Gasteiger partial charge in [0.15, 0.2) is 12.0 Å². The first-order valence-electron chi connectivity index (χ1n) is 6.25. The summed E-state index contributed by atoms with van der Waals surface area (Å²) in [6, 6.07) is 8.92. The van der Waals surface area contributed by atoms with Gasteiger partial charge in [0.25, 0.3) is 5.91 Å². The molecule has 0 spiro atoms. The zero-order valence-corrected chi connectivity index (χ0v) is 11.0. The monoisotopic (exact) mass is 306 g/mol. The van der Waals surface area contributed by atoms with Crippen molar-refractivity contribution in [1.82, 2.24) is 4.98 Å². The zero-order valence-electron chi connectivity index (χ0n) is 11.0. The molecule has 0 fully saturated rings. The summed E-state index contributed by atoms with van der Waals surface area (Å²) in [4.78, 5) is 16.0. The SMILES string of the molecule is O=C(Nc1ccc(C(F)(F)F)cc1)c1ccc2ocnc2c1. The van der Waals surface area contributed by atoms with Gasteiger partial charge in [0.2, 0.25) is 0 Å². The van der Waals surface area contributed by atoms with Crippen molar-refractivity contribution in [3.8, 4) is 0 Å². The number of nitrogens with one attached hydrogen (secondary N) is 1. The minimum absolute atomic E-state index is 0.276. The molecule has 1 amide bonds. The first kappa shape index (κ1) is 14.1. The van der Waals surface area contributed by atoms with Crippen LogP contribution in [0.2, 0.25) is 0 Å². The topological polar surface area (TPSA) is 55.1 Å². The molecular formula is C15H9F3N2O2. The Kier molecular flexibility index (Phi) is 3.32. The van der Waals surface area contributed by atoms with Crippen LogP contribution in [0.4, 0.5) is 18.9 Å². The highest BCUT2D eigenvalue weighted by atomic mass is 19.4. The Morgan fingerprint density at radius 1 is 1.09 bits per heavy atom. The molecule has 1 N–H and O–H groups in total. The smallest absolute Gasteiger partial charge is 0.416 e. The Morgan fingerprint density at radius 3 is 2.50 bits per heavy atom. The van der Waals surface area contributed by atoms with Gasteiger partial charge in [0, 0.05) is 11.3 Å². The fourth-order valence-electron chi connectivity index (χ4n) is 1.94. The molecule has 0 saturated heterocycles.